The molecule has 0 fully saturated rings. The van der Waals surface area contributed by atoms with Gasteiger partial charge < -0.3 is 15.4 Å². The van der Waals surface area contributed by atoms with Gasteiger partial charge in [0.25, 0.3) is 0 Å². The third kappa shape index (κ3) is 7.04. The quantitative estimate of drug-likeness (QED) is 0.289. The number of nitrogens with zero attached hydrogens (tertiary/aromatic N) is 3. The fourth-order valence-electron chi connectivity index (χ4n) is 2.62. The van der Waals surface area contributed by atoms with Crippen LogP contribution in [-0.4, -0.2) is 35.4 Å². The molecule has 0 saturated heterocycles. The summed E-state index contributed by atoms with van der Waals surface area (Å²) >= 11 is 0. The third-order valence-corrected chi connectivity index (χ3v) is 4.10. The zero-order valence-electron chi connectivity index (χ0n) is 16.4. The number of nitrogens with one attached hydrogen (secondary N) is 2. The maximum absolute atomic E-state index is 12.9. The highest BCUT2D eigenvalue weighted by molar-refractivity contribution is 14.0. The van der Waals surface area contributed by atoms with Gasteiger partial charge in [0.15, 0.2) is 5.96 Å². The number of ether oxygens (including phenoxy) is 1. The summed E-state index contributed by atoms with van der Waals surface area (Å²) in [6.07, 6.45) is 3.57. The lowest BCUT2D eigenvalue weighted by molar-refractivity contribution is 0.223. The van der Waals surface area contributed by atoms with Crippen molar-refractivity contribution in [2.24, 2.45) is 4.99 Å². The van der Waals surface area contributed by atoms with E-state index in [1.165, 1.54) is 12.1 Å². The number of guanidine groups is 1. The number of hydrogen-bond donors (Lipinski definition) is 2. The van der Waals surface area contributed by atoms with E-state index in [4.69, 9.17) is 4.74 Å². The van der Waals surface area contributed by atoms with Crippen molar-refractivity contribution in [3.05, 3.63) is 78.4 Å². The molecule has 0 amide bonds. The van der Waals surface area contributed by atoms with Gasteiger partial charge in [-0.1, -0.05) is 12.1 Å². The summed E-state index contributed by atoms with van der Waals surface area (Å²) in [5.74, 6) is 1.04. The van der Waals surface area contributed by atoms with E-state index >= 15 is 0 Å². The molecule has 6 nitrogen and oxygen atoms in total. The molecule has 3 aromatic rings. The lowest BCUT2D eigenvalue weighted by atomic mass is 10.2. The van der Waals surface area contributed by atoms with E-state index in [1.807, 2.05) is 36.0 Å². The molecule has 3 rings (SSSR count). The maximum atomic E-state index is 12.9. The minimum absolute atomic E-state index is 0. The first-order valence-corrected chi connectivity index (χ1v) is 9.10. The van der Waals surface area contributed by atoms with Crippen LogP contribution in [0.5, 0.6) is 5.75 Å². The Morgan fingerprint density at radius 1 is 1.14 bits per heavy atom. The molecule has 0 aliphatic heterocycles. The van der Waals surface area contributed by atoms with Crippen LogP contribution in [0.4, 0.5) is 4.39 Å². The summed E-state index contributed by atoms with van der Waals surface area (Å²) in [6.45, 7) is 3.15. The fourth-order valence-corrected chi connectivity index (χ4v) is 2.62. The molecule has 8 heteroatoms. The van der Waals surface area contributed by atoms with E-state index in [-0.39, 0.29) is 35.9 Å². The van der Waals surface area contributed by atoms with E-state index in [9.17, 15) is 4.39 Å². The van der Waals surface area contributed by atoms with Crippen LogP contribution in [0.1, 0.15) is 12.5 Å². The highest BCUT2D eigenvalue weighted by Gasteiger charge is 2.06. The standard InChI is InChI=1S/C21H24FN5O.HI/c1-16(28-20-10-6-18(22)7-11-20)14-24-21(23-2)25-15-17-4-8-19(9-5-17)27-13-3-12-26-27;/h3-13,16H,14-15H2,1-2H3,(H2,23,24,25);1H. The Balaban J connectivity index is 0.00000300. The minimum Gasteiger partial charge on any atom is -0.489 e. The predicted octanol–water partition coefficient (Wildman–Crippen LogP) is 3.76. The van der Waals surface area contributed by atoms with Crippen LogP contribution in [0, 0.1) is 5.82 Å². The summed E-state index contributed by atoms with van der Waals surface area (Å²) < 4.78 is 20.5. The SMILES string of the molecule is CN=C(NCc1ccc(-n2cccn2)cc1)NCC(C)Oc1ccc(F)cc1.I. The molecular weight excluding hydrogens is 484 g/mol. The molecule has 0 saturated carbocycles. The van der Waals surface area contributed by atoms with Crippen LogP contribution in [-0.2, 0) is 6.54 Å². The first kappa shape index (κ1) is 22.7. The first-order valence-electron chi connectivity index (χ1n) is 9.10. The van der Waals surface area contributed by atoms with Crippen LogP contribution >= 0.6 is 24.0 Å². The van der Waals surface area contributed by atoms with Crippen LogP contribution in [0.25, 0.3) is 5.69 Å². The molecule has 1 unspecified atom stereocenters. The molecule has 0 bridgehead atoms. The molecule has 1 atom stereocenters. The Morgan fingerprint density at radius 3 is 2.48 bits per heavy atom. The average Bonchev–Trinajstić information content (AvgIpc) is 3.25. The summed E-state index contributed by atoms with van der Waals surface area (Å²) in [7, 11) is 1.72. The van der Waals surface area contributed by atoms with Gasteiger partial charge in [-0.15, -0.1) is 24.0 Å². The molecular formula is C21H25FIN5O. The van der Waals surface area contributed by atoms with E-state index < -0.39 is 0 Å². The van der Waals surface area contributed by atoms with Crippen molar-refractivity contribution in [1.82, 2.24) is 20.4 Å². The average molecular weight is 509 g/mol. The van der Waals surface area contributed by atoms with Gasteiger partial charge >= 0.3 is 0 Å². The van der Waals surface area contributed by atoms with Crippen molar-refractivity contribution < 1.29 is 9.13 Å². The number of rotatable bonds is 7. The van der Waals surface area contributed by atoms with Crippen molar-refractivity contribution in [2.45, 2.75) is 19.6 Å². The lowest BCUT2D eigenvalue weighted by Crippen LogP contribution is -2.41. The molecule has 0 radical (unpaired) electrons. The van der Waals surface area contributed by atoms with Gasteiger partial charge in [-0.25, -0.2) is 9.07 Å². The number of halogens is 2. The monoisotopic (exact) mass is 509 g/mol. The van der Waals surface area contributed by atoms with Gasteiger partial charge in [-0.3, -0.25) is 4.99 Å². The maximum Gasteiger partial charge on any atom is 0.191 e. The molecule has 0 spiro atoms. The van der Waals surface area contributed by atoms with Crippen LogP contribution in [0.3, 0.4) is 0 Å². The molecule has 1 heterocycles. The number of hydrogen-bond acceptors (Lipinski definition) is 3. The number of benzene rings is 2. The second-order valence-corrected chi connectivity index (χ2v) is 6.31. The summed E-state index contributed by atoms with van der Waals surface area (Å²) in [5, 5.41) is 10.7. The predicted molar refractivity (Wildman–Crippen MR) is 124 cm³/mol. The van der Waals surface area contributed by atoms with E-state index in [2.05, 4.69) is 32.9 Å². The largest absolute Gasteiger partial charge is 0.489 e. The molecule has 1 aromatic heterocycles. The van der Waals surface area contributed by atoms with Crippen LogP contribution < -0.4 is 15.4 Å². The smallest absolute Gasteiger partial charge is 0.191 e. The summed E-state index contributed by atoms with van der Waals surface area (Å²) in [4.78, 5) is 4.23. The molecule has 0 aliphatic carbocycles. The molecule has 2 aromatic carbocycles. The van der Waals surface area contributed by atoms with Crippen molar-refractivity contribution in [2.75, 3.05) is 13.6 Å². The summed E-state index contributed by atoms with van der Waals surface area (Å²) in [5.41, 5.74) is 2.15. The minimum atomic E-state index is -0.277. The van der Waals surface area contributed by atoms with Crippen molar-refractivity contribution >= 4 is 29.9 Å². The molecule has 154 valence electrons. The zero-order valence-corrected chi connectivity index (χ0v) is 18.7. The lowest BCUT2D eigenvalue weighted by Gasteiger charge is -2.18. The van der Waals surface area contributed by atoms with E-state index in [1.54, 1.807) is 25.4 Å². The van der Waals surface area contributed by atoms with Gasteiger partial charge in [0.1, 0.15) is 17.7 Å². The van der Waals surface area contributed by atoms with Crippen molar-refractivity contribution in [3.8, 4) is 11.4 Å². The molecule has 0 aliphatic rings. The Hall–Kier alpha value is -2.62. The van der Waals surface area contributed by atoms with E-state index in [0.29, 0.717) is 24.8 Å². The Labute approximate surface area is 187 Å². The Bertz CT molecular complexity index is 882. The highest BCUT2D eigenvalue weighted by atomic mass is 127. The fraction of sp³-hybridized carbons (Fsp3) is 0.238. The highest BCUT2D eigenvalue weighted by Crippen LogP contribution is 2.12. The number of aliphatic imine (C=N–C) groups is 1. The third-order valence-electron chi connectivity index (χ3n) is 4.10. The van der Waals surface area contributed by atoms with Crippen molar-refractivity contribution in [3.63, 3.8) is 0 Å². The topological polar surface area (TPSA) is 63.5 Å². The Kier molecular flexibility index (Phi) is 8.91. The van der Waals surface area contributed by atoms with Gasteiger partial charge in [0.05, 0.1) is 12.2 Å². The van der Waals surface area contributed by atoms with Crippen LogP contribution in [0.2, 0.25) is 0 Å². The molecule has 2 N–H and O–H groups in total. The second-order valence-electron chi connectivity index (χ2n) is 6.31. The normalized spacial score (nSPS) is 12.0. The summed E-state index contributed by atoms with van der Waals surface area (Å²) in [6, 6.07) is 16.1. The van der Waals surface area contributed by atoms with Gasteiger partial charge in [-0.05, 0) is 55.0 Å². The van der Waals surface area contributed by atoms with E-state index in [0.717, 1.165) is 11.3 Å². The van der Waals surface area contributed by atoms with Gasteiger partial charge in [0, 0.05) is 26.0 Å². The van der Waals surface area contributed by atoms with Gasteiger partial charge in [0.2, 0.25) is 0 Å². The molecule has 29 heavy (non-hydrogen) atoms. The Morgan fingerprint density at radius 2 is 1.86 bits per heavy atom. The van der Waals surface area contributed by atoms with Crippen molar-refractivity contribution in [1.29, 1.82) is 0 Å². The number of aromatic nitrogens is 2. The zero-order chi connectivity index (χ0) is 19.8. The van der Waals surface area contributed by atoms with Crippen LogP contribution in [0.15, 0.2) is 72.0 Å². The van der Waals surface area contributed by atoms with Gasteiger partial charge in [-0.2, -0.15) is 5.10 Å². The second kappa shape index (κ2) is 11.4. The first-order chi connectivity index (χ1) is 13.6.